The summed E-state index contributed by atoms with van der Waals surface area (Å²) in [4.78, 5) is 3.04. The van der Waals surface area contributed by atoms with Crippen LogP contribution in [0.3, 0.4) is 0 Å². The van der Waals surface area contributed by atoms with E-state index in [0.29, 0.717) is 10.0 Å². The Morgan fingerprint density at radius 1 is 0.857 bits per heavy atom. The van der Waals surface area contributed by atoms with Crippen LogP contribution in [0.5, 0.6) is 0 Å². The molecule has 0 saturated heterocycles. The summed E-state index contributed by atoms with van der Waals surface area (Å²) >= 11 is 12.1. The molecule has 0 aliphatic heterocycles. The van der Waals surface area contributed by atoms with Crippen molar-refractivity contribution in [3.05, 3.63) is 82.1 Å². The standard InChI is InChI=1S/C17H13Cl2NO/c18-12-7-5-11(6-8-12)17(21)15-10-20-9-14(15)13-3-1-2-4-16(13)19/h1-10,17,20-21H/t17-/m0/s1. The van der Waals surface area contributed by atoms with Crippen LogP contribution in [0.2, 0.25) is 10.0 Å². The number of rotatable bonds is 3. The van der Waals surface area contributed by atoms with Gasteiger partial charge < -0.3 is 10.1 Å². The van der Waals surface area contributed by atoms with Crippen LogP contribution in [0.4, 0.5) is 0 Å². The molecule has 0 saturated carbocycles. The lowest BCUT2D eigenvalue weighted by molar-refractivity contribution is 0.221. The van der Waals surface area contributed by atoms with E-state index in [2.05, 4.69) is 4.98 Å². The highest BCUT2D eigenvalue weighted by Crippen LogP contribution is 2.35. The molecule has 0 bridgehead atoms. The van der Waals surface area contributed by atoms with Gasteiger partial charge in [-0.1, -0.05) is 53.5 Å². The van der Waals surface area contributed by atoms with E-state index < -0.39 is 6.10 Å². The van der Waals surface area contributed by atoms with Gasteiger partial charge in [0.05, 0.1) is 0 Å². The number of aliphatic hydroxyl groups is 1. The highest BCUT2D eigenvalue weighted by Gasteiger charge is 2.17. The van der Waals surface area contributed by atoms with Gasteiger partial charge in [0, 0.05) is 39.1 Å². The smallest absolute Gasteiger partial charge is 0.106 e. The summed E-state index contributed by atoms with van der Waals surface area (Å²) in [5, 5.41) is 11.9. The Balaban J connectivity index is 2.03. The molecule has 3 rings (SSSR count). The SMILES string of the molecule is O[C@@H](c1ccc(Cl)cc1)c1c[nH]cc1-c1ccccc1Cl. The van der Waals surface area contributed by atoms with Gasteiger partial charge in [-0.15, -0.1) is 0 Å². The molecule has 2 N–H and O–H groups in total. The average Bonchev–Trinajstić information content (AvgIpc) is 2.97. The van der Waals surface area contributed by atoms with Gasteiger partial charge in [-0.2, -0.15) is 0 Å². The van der Waals surface area contributed by atoms with Crippen molar-refractivity contribution in [3.8, 4) is 11.1 Å². The van der Waals surface area contributed by atoms with Crippen molar-refractivity contribution in [1.29, 1.82) is 0 Å². The van der Waals surface area contributed by atoms with Gasteiger partial charge in [-0.3, -0.25) is 0 Å². The van der Waals surface area contributed by atoms with E-state index in [1.54, 1.807) is 18.3 Å². The summed E-state index contributed by atoms with van der Waals surface area (Å²) in [7, 11) is 0. The monoisotopic (exact) mass is 317 g/mol. The third kappa shape index (κ3) is 2.84. The number of benzene rings is 2. The van der Waals surface area contributed by atoms with Gasteiger partial charge in [-0.05, 0) is 23.8 Å². The first-order valence-corrected chi connectivity index (χ1v) is 7.27. The number of H-pyrrole nitrogens is 1. The molecule has 1 aromatic heterocycles. The molecule has 0 fully saturated rings. The highest BCUT2D eigenvalue weighted by atomic mass is 35.5. The van der Waals surface area contributed by atoms with Crippen molar-refractivity contribution in [2.45, 2.75) is 6.10 Å². The largest absolute Gasteiger partial charge is 0.384 e. The van der Waals surface area contributed by atoms with Crippen molar-refractivity contribution in [2.75, 3.05) is 0 Å². The van der Waals surface area contributed by atoms with E-state index in [0.717, 1.165) is 22.3 Å². The molecule has 4 heteroatoms. The minimum absolute atomic E-state index is 0.645. The second-order valence-electron chi connectivity index (χ2n) is 4.76. The van der Waals surface area contributed by atoms with Crippen molar-refractivity contribution in [3.63, 3.8) is 0 Å². The lowest BCUT2D eigenvalue weighted by Crippen LogP contribution is -1.99. The summed E-state index contributed by atoms with van der Waals surface area (Å²) in [5.41, 5.74) is 3.35. The zero-order chi connectivity index (χ0) is 14.8. The van der Waals surface area contributed by atoms with Gasteiger partial charge >= 0.3 is 0 Å². The topological polar surface area (TPSA) is 36.0 Å². The van der Waals surface area contributed by atoms with E-state index in [1.165, 1.54) is 0 Å². The van der Waals surface area contributed by atoms with Crippen molar-refractivity contribution >= 4 is 23.2 Å². The third-order valence-electron chi connectivity index (χ3n) is 3.42. The Hall–Kier alpha value is -1.74. The first-order valence-electron chi connectivity index (χ1n) is 6.52. The van der Waals surface area contributed by atoms with Crippen LogP contribution >= 0.6 is 23.2 Å². The van der Waals surface area contributed by atoms with Crippen molar-refractivity contribution < 1.29 is 5.11 Å². The lowest BCUT2D eigenvalue weighted by atomic mass is 9.97. The number of nitrogens with one attached hydrogen (secondary N) is 1. The first-order chi connectivity index (χ1) is 10.2. The maximum absolute atomic E-state index is 10.6. The zero-order valence-corrected chi connectivity index (χ0v) is 12.6. The van der Waals surface area contributed by atoms with E-state index >= 15 is 0 Å². The van der Waals surface area contributed by atoms with Crippen LogP contribution in [0, 0.1) is 0 Å². The molecule has 2 aromatic carbocycles. The number of aromatic nitrogens is 1. The maximum atomic E-state index is 10.6. The fourth-order valence-electron chi connectivity index (χ4n) is 2.34. The molecular formula is C17H13Cl2NO. The number of aromatic amines is 1. The summed E-state index contributed by atoms with van der Waals surface area (Å²) in [6, 6.07) is 14.7. The van der Waals surface area contributed by atoms with Crippen molar-refractivity contribution in [1.82, 2.24) is 4.98 Å². The zero-order valence-electron chi connectivity index (χ0n) is 11.1. The predicted molar refractivity (Wildman–Crippen MR) is 86.8 cm³/mol. The fraction of sp³-hybridized carbons (Fsp3) is 0.0588. The molecule has 21 heavy (non-hydrogen) atoms. The summed E-state index contributed by atoms with van der Waals surface area (Å²) in [6.07, 6.45) is 2.90. The Kier molecular flexibility index (Phi) is 4.02. The number of aliphatic hydroxyl groups excluding tert-OH is 1. The van der Waals surface area contributed by atoms with Crippen LogP contribution in [0.25, 0.3) is 11.1 Å². The molecule has 0 amide bonds. The second-order valence-corrected chi connectivity index (χ2v) is 5.60. The molecule has 1 atom stereocenters. The molecule has 2 nitrogen and oxygen atoms in total. The van der Waals surface area contributed by atoms with Gasteiger partial charge in [-0.25, -0.2) is 0 Å². The molecule has 0 radical (unpaired) electrons. The Morgan fingerprint density at radius 2 is 1.57 bits per heavy atom. The van der Waals surface area contributed by atoms with Gasteiger partial charge in [0.25, 0.3) is 0 Å². The molecule has 0 aliphatic carbocycles. The van der Waals surface area contributed by atoms with E-state index in [4.69, 9.17) is 23.2 Å². The Morgan fingerprint density at radius 3 is 2.29 bits per heavy atom. The molecule has 106 valence electrons. The van der Waals surface area contributed by atoms with Crippen LogP contribution in [-0.2, 0) is 0 Å². The molecule has 0 unspecified atom stereocenters. The normalized spacial score (nSPS) is 12.3. The minimum Gasteiger partial charge on any atom is -0.384 e. The van der Waals surface area contributed by atoms with E-state index in [9.17, 15) is 5.11 Å². The second kappa shape index (κ2) is 5.94. The van der Waals surface area contributed by atoms with Crippen LogP contribution in [-0.4, -0.2) is 10.1 Å². The van der Waals surface area contributed by atoms with Gasteiger partial charge in [0.15, 0.2) is 0 Å². The summed E-state index contributed by atoms with van der Waals surface area (Å²) in [6.45, 7) is 0. The molecule has 1 heterocycles. The summed E-state index contributed by atoms with van der Waals surface area (Å²) < 4.78 is 0. The van der Waals surface area contributed by atoms with Gasteiger partial charge in [0.1, 0.15) is 6.10 Å². The third-order valence-corrected chi connectivity index (χ3v) is 4.00. The number of hydrogen-bond acceptors (Lipinski definition) is 1. The molecule has 0 spiro atoms. The highest BCUT2D eigenvalue weighted by molar-refractivity contribution is 6.33. The van der Waals surface area contributed by atoms with Crippen LogP contribution in [0.1, 0.15) is 17.2 Å². The summed E-state index contributed by atoms with van der Waals surface area (Å²) in [5.74, 6) is 0. The molecule has 3 aromatic rings. The van der Waals surface area contributed by atoms with Gasteiger partial charge in [0.2, 0.25) is 0 Å². The first kappa shape index (κ1) is 14.2. The van der Waals surface area contributed by atoms with E-state index in [1.807, 2.05) is 42.6 Å². The minimum atomic E-state index is -0.736. The van der Waals surface area contributed by atoms with E-state index in [-0.39, 0.29) is 0 Å². The lowest BCUT2D eigenvalue weighted by Gasteiger charge is -2.13. The molecule has 0 aliphatic rings. The van der Waals surface area contributed by atoms with Crippen LogP contribution < -0.4 is 0 Å². The number of halogens is 2. The average molecular weight is 318 g/mol. The van der Waals surface area contributed by atoms with Crippen LogP contribution in [0.15, 0.2) is 60.9 Å². The maximum Gasteiger partial charge on any atom is 0.106 e. The number of hydrogen-bond donors (Lipinski definition) is 2. The Labute approximate surface area is 133 Å². The predicted octanol–water partition coefficient (Wildman–Crippen LogP) is 5.07. The molecular weight excluding hydrogens is 305 g/mol. The fourth-order valence-corrected chi connectivity index (χ4v) is 2.70. The quantitative estimate of drug-likeness (QED) is 0.695. The Bertz CT molecular complexity index is 749. The van der Waals surface area contributed by atoms with Crippen molar-refractivity contribution in [2.24, 2.45) is 0 Å².